The first kappa shape index (κ1) is 19.8. The van der Waals surface area contributed by atoms with Gasteiger partial charge in [0.15, 0.2) is 11.2 Å². The Morgan fingerprint density at radius 2 is 1.06 bits per heavy atom. The van der Waals surface area contributed by atoms with Crippen LogP contribution in [0.25, 0.3) is 11.2 Å². The second kappa shape index (κ2) is 8.51. The van der Waals surface area contributed by atoms with Crippen LogP contribution in [0.5, 0.6) is 0 Å². The Hall–Kier alpha value is -4.19. The molecule has 2 heterocycles. The van der Waals surface area contributed by atoms with Gasteiger partial charge >= 0.3 is 5.69 Å². The molecule has 32 heavy (non-hydrogen) atoms. The number of benzene rings is 3. The number of hydrogen-bond acceptors (Lipinski definition) is 3. The number of nitrogens with zero attached hydrogens (tertiary/aromatic N) is 4. The van der Waals surface area contributed by atoms with Crippen LogP contribution in [0.15, 0.2) is 107 Å². The molecular weight excluding hydrogens is 400 g/mol. The Bertz CT molecular complexity index is 1470. The van der Waals surface area contributed by atoms with Gasteiger partial charge in [-0.15, -0.1) is 0 Å². The van der Waals surface area contributed by atoms with Crippen LogP contribution in [0.1, 0.15) is 16.7 Å². The minimum Gasteiger partial charge on any atom is -0.320 e. The minimum atomic E-state index is -0.361. The van der Waals surface area contributed by atoms with Crippen molar-refractivity contribution in [2.75, 3.05) is 0 Å². The summed E-state index contributed by atoms with van der Waals surface area (Å²) < 4.78 is 4.73. The molecule has 5 rings (SSSR count). The second-order valence-electron chi connectivity index (χ2n) is 7.76. The average molecular weight is 422 g/mol. The van der Waals surface area contributed by atoms with Gasteiger partial charge in [0, 0.05) is 6.54 Å². The number of imidazole rings is 1. The van der Waals surface area contributed by atoms with Crippen LogP contribution >= 0.6 is 0 Å². The van der Waals surface area contributed by atoms with Crippen molar-refractivity contribution < 1.29 is 0 Å². The smallest absolute Gasteiger partial charge is 0.320 e. The molecule has 0 radical (unpaired) electrons. The van der Waals surface area contributed by atoms with Crippen LogP contribution in [0.3, 0.4) is 0 Å². The molecule has 0 unspecified atom stereocenters. The molecule has 0 N–H and O–H groups in total. The fourth-order valence-corrected chi connectivity index (χ4v) is 3.95. The van der Waals surface area contributed by atoms with Crippen molar-refractivity contribution in [3.05, 3.63) is 135 Å². The summed E-state index contributed by atoms with van der Waals surface area (Å²) in [6.07, 6.45) is 1.65. The van der Waals surface area contributed by atoms with Gasteiger partial charge in [-0.25, -0.2) is 9.78 Å². The van der Waals surface area contributed by atoms with Gasteiger partial charge < -0.3 is 4.57 Å². The molecular formula is C26H22N4O2. The summed E-state index contributed by atoms with van der Waals surface area (Å²) in [5.74, 6) is 0. The lowest BCUT2D eigenvalue weighted by Gasteiger charge is -2.13. The lowest BCUT2D eigenvalue weighted by atomic mass is 10.2. The van der Waals surface area contributed by atoms with Crippen molar-refractivity contribution in [3.8, 4) is 0 Å². The summed E-state index contributed by atoms with van der Waals surface area (Å²) >= 11 is 0. The van der Waals surface area contributed by atoms with E-state index < -0.39 is 0 Å². The molecule has 0 aliphatic carbocycles. The standard InChI is InChI=1S/C26H22N4O2/c31-25-23-24(27-19-28(23)16-20-10-4-1-5-11-20)29(17-21-12-6-2-7-13-21)26(32)30(25)18-22-14-8-3-9-15-22/h1-15,19H,16-18H2. The molecule has 0 bridgehead atoms. The zero-order valence-corrected chi connectivity index (χ0v) is 17.5. The number of rotatable bonds is 6. The van der Waals surface area contributed by atoms with Gasteiger partial charge in [-0.2, -0.15) is 0 Å². The first-order valence-electron chi connectivity index (χ1n) is 10.5. The predicted octanol–water partition coefficient (Wildman–Crippen LogP) is 3.50. The lowest BCUT2D eigenvalue weighted by molar-refractivity contribution is 0.628. The Morgan fingerprint density at radius 3 is 1.59 bits per heavy atom. The van der Waals surface area contributed by atoms with E-state index in [1.54, 1.807) is 10.9 Å². The summed E-state index contributed by atoms with van der Waals surface area (Å²) in [6.45, 7) is 1.05. The van der Waals surface area contributed by atoms with Gasteiger partial charge in [-0.05, 0) is 16.7 Å². The molecule has 0 spiro atoms. The Kier molecular flexibility index (Phi) is 5.25. The van der Waals surface area contributed by atoms with E-state index in [9.17, 15) is 9.59 Å². The van der Waals surface area contributed by atoms with E-state index >= 15 is 0 Å². The van der Waals surface area contributed by atoms with E-state index in [2.05, 4.69) is 4.98 Å². The van der Waals surface area contributed by atoms with Crippen LogP contribution in [-0.2, 0) is 19.6 Å². The highest BCUT2D eigenvalue weighted by molar-refractivity contribution is 5.70. The Morgan fingerprint density at radius 1 is 0.594 bits per heavy atom. The first-order chi connectivity index (χ1) is 15.7. The first-order valence-corrected chi connectivity index (χ1v) is 10.5. The van der Waals surface area contributed by atoms with Crippen LogP contribution in [0.2, 0.25) is 0 Å². The monoisotopic (exact) mass is 422 g/mol. The van der Waals surface area contributed by atoms with E-state index in [0.717, 1.165) is 16.7 Å². The SMILES string of the molecule is O=c1c2c(ncn2Cc2ccccc2)n(Cc2ccccc2)c(=O)n1Cc1ccccc1. The van der Waals surface area contributed by atoms with E-state index in [-0.39, 0.29) is 17.8 Å². The fourth-order valence-electron chi connectivity index (χ4n) is 3.95. The summed E-state index contributed by atoms with van der Waals surface area (Å²) in [7, 11) is 0. The van der Waals surface area contributed by atoms with E-state index in [4.69, 9.17) is 0 Å². The van der Waals surface area contributed by atoms with Crippen molar-refractivity contribution in [2.24, 2.45) is 0 Å². The molecule has 0 atom stereocenters. The molecule has 0 aliphatic rings. The van der Waals surface area contributed by atoms with Crippen molar-refractivity contribution in [1.82, 2.24) is 18.7 Å². The molecule has 0 fully saturated rings. The third-order valence-electron chi connectivity index (χ3n) is 5.55. The maximum absolute atomic E-state index is 13.5. The Balaban J connectivity index is 1.70. The number of fused-ring (bicyclic) bond motifs is 1. The molecule has 158 valence electrons. The molecule has 0 saturated heterocycles. The van der Waals surface area contributed by atoms with Crippen LogP contribution in [0.4, 0.5) is 0 Å². The van der Waals surface area contributed by atoms with E-state index in [1.807, 2.05) is 95.6 Å². The zero-order valence-electron chi connectivity index (χ0n) is 17.5. The highest BCUT2D eigenvalue weighted by atomic mass is 16.2. The molecule has 6 heteroatoms. The van der Waals surface area contributed by atoms with Crippen molar-refractivity contribution in [2.45, 2.75) is 19.6 Å². The molecule has 0 aliphatic heterocycles. The van der Waals surface area contributed by atoms with Crippen LogP contribution in [0, 0.1) is 0 Å². The second-order valence-corrected chi connectivity index (χ2v) is 7.76. The van der Waals surface area contributed by atoms with Crippen LogP contribution in [-0.4, -0.2) is 18.7 Å². The molecule has 0 saturated carbocycles. The Labute approximate surface area is 184 Å². The summed E-state index contributed by atoms with van der Waals surface area (Å²) in [4.78, 5) is 31.5. The third kappa shape index (κ3) is 3.78. The number of hydrogen-bond donors (Lipinski definition) is 0. The molecule has 0 amide bonds. The summed E-state index contributed by atoms with van der Waals surface area (Å²) in [6, 6.07) is 29.2. The predicted molar refractivity (Wildman–Crippen MR) is 125 cm³/mol. The van der Waals surface area contributed by atoms with Crippen molar-refractivity contribution >= 4 is 11.2 Å². The summed E-state index contributed by atoms with van der Waals surface area (Å²) in [5.41, 5.74) is 3.07. The van der Waals surface area contributed by atoms with E-state index in [1.165, 1.54) is 4.57 Å². The minimum absolute atomic E-state index is 0.208. The largest absolute Gasteiger partial charge is 0.333 e. The number of aromatic nitrogens is 4. The van der Waals surface area contributed by atoms with Gasteiger partial charge in [-0.1, -0.05) is 91.0 Å². The lowest BCUT2D eigenvalue weighted by Crippen LogP contribution is -2.41. The molecule has 6 nitrogen and oxygen atoms in total. The quantitative estimate of drug-likeness (QED) is 0.421. The van der Waals surface area contributed by atoms with Gasteiger partial charge in [0.25, 0.3) is 5.56 Å². The van der Waals surface area contributed by atoms with Gasteiger partial charge in [0.05, 0.1) is 19.4 Å². The maximum atomic E-state index is 13.5. The third-order valence-corrected chi connectivity index (χ3v) is 5.55. The molecule has 2 aromatic heterocycles. The topological polar surface area (TPSA) is 61.8 Å². The van der Waals surface area contributed by atoms with Gasteiger partial charge in [-0.3, -0.25) is 13.9 Å². The zero-order chi connectivity index (χ0) is 21.9. The summed E-state index contributed by atoms with van der Waals surface area (Å²) in [5, 5.41) is 0. The molecule has 3 aromatic carbocycles. The average Bonchev–Trinajstić information content (AvgIpc) is 3.25. The highest BCUT2D eigenvalue weighted by Crippen LogP contribution is 2.13. The highest BCUT2D eigenvalue weighted by Gasteiger charge is 2.18. The maximum Gasteiger partial charge on any atom is 0.333 e. The molecule has 5 aromatic rings. The normalized spacial score (nSPS) is 11.1. The van der Waals surface area contributed by atoms with Crippen molar-refractivity contribution in [3.63, 3.8) is 0 Å². The fraction of sp³-hybridized carbons (Fsp3) is 0.115. The van der Waals surface area contributed by atoms with Crippen LogP contribution < -0.4 is 11.2 Å². The van der Waals surface area contributed by atoms with Gasteiger partial charge in [0.2, 0.25) is 0 Å². The van der Waals surface area contributed by atoms with Crippen molar-refractivity contribution in [1.29, 1.82) is 0 Å². The van der Waals surface area contributed by atoms with Gasteiger partial charge in [0.1, 0.15) is 0 Å². The van der Waals surface area contributed by atoms with E-state index in [0.29, 0.717) is 24.3 Å².